The molecule has 1 saturated carbocycles. The summed E-state index contributed by atoms with van der Waals surface area (Å²) in [4.78, 5) is 11.0. The highest BCUT2D eigenvalue weighted by Crippen LogP contribution is 2.38. The number of aldehydes is 1. The first kappa shape index (κ1) is 10.2. The average Bonchev–Trinajstić information content (AvgIpc) is 3.10. The summed E-state index contributed by atoms with van der Waals surface area (Å²) in [6, 6.07) is 8.21. The van der Waals surface area contributed by atoms with Crippen molar-refractivity contribution < 1.29 is 4.79 Å². The van der Waals surface area contributed by atoms with Gasteiger partial charge in [-0.15, -0.1) is 0 Å². The number of rotatable bonds is 5. The van der Waals surface area contributed by atoms with Crippen LogP contribution in [0.4, 0.5) is 5.69 Å². The van der Waals surface area contributed by atoms with Crippen molar-refractivity contribution in [3.63, 3.8) is 0 Å². The van der Waals surface area contributed by atoms with E-state index in [4.69, 9.17) is 0 Å². The van der Waals surface area contributed by atoms with Crippen LogP contribution in [0.3, 0.4) is 0 Å². The van der Waals surface area contributed by atoms with Crippen molar-refractivity contribution in [2.75, 3.05) is 12.4 Å². The van der Waals surface area contributed by atoms with Gasteiger partial charge in [-0.05, 0) is 36.8 Å². The highest BCUT2D eigenvalue weighted by Gasteiger charge is 2.31. The zero-order chi connectivity index (χ0) is 10.7. The van der Waals surface area contributed by atoms with Gasteiger partial charge < -0.3 is 10.1 Å². The molecule has 0 bridgehead atoms. The predicted molar refractivity (Wildman–Crippen MR) is 62.0 cm³/mol. The number of hydrogen-bond acceptors (Lipinski definition) is 2. The highest BCUT2D eigenvalue weighted by atomic mass is 16.1. The molecule has 1 aliphatic carbocycles. The van der Waals surface area contributed by atoms with Crippen LogP contribution in [0.5, 0.6) is 0 Å². The standard InChI is InChI=1S/C13H17NO/c1-14-13-5-3-2-4-11(13)8-12(9-15)10-6-7-10/h2-5,9-10,12,14H,6-8H2,1H3. The third-order valence-corrected chi connectivity index (χ3v) is 3.14. The van der Waals surface area contributed by atoms with Crippen molar-refractivity contribution in [1.82, 2.24) is 0 Å². The number of carbonyl (C=O) groups excluding carboxylic acids is 1. The SMILES string of the molecule is CNc1ccccc1CC(C=O)C1CC1. The van der Waals surface area contributed by atoms with Crippen molar-refractivity contribution in [1.29, 1.82) is 0 Å². The lowest BCUT2D eigenvalue weighted by Crippen LogP contribution is -2.09. The fourth-order valence-corrected chi connectivity index (χ4v) is 2.05. The molecular weight excluding hydrogens is 186 g/mol. The van der Waals surface area contributed by atoms with Crippen LogP contribution in [-0.4, -0.2) is 13.3 Å². The normalized spacial score (nSPS) is 17.1. The number of benzene rings is 1. The van der Waals surface area contributed by atoms with Gasteiger partial charge in [-0.1, -0.05) is 18.2 Å². The highest BCUT2D eigenvalue weighted by molar-refractivity contribution is 5.58. The van der Waals surface area contributed by atoms with Gasteiger partial charge in [0.05, 0.1) is 0 Å². The first-order valence-corrected chi connectivity index (χ1v) is 5.56. The summed E-state index contributed by atoms with van der Waals surface area (Å²) in [6.07, 6.45) is 4.46. The summed E-state index contributed by atoms with van der Waals surface area (Å²) in [5.41, 5.74) is 2.40. The van der Waals surface area contributed by atoms with E-state index < -0.39 is 0 Å². The van der Waals surface area contributed by atoms with Gasteiger partial charge >= 0.3 is 0 Å². The van der Waals surface area contributed by atoms with Crippen LogP contribution >= 0.6 is 0 Å². The topological polar surface area (TPSA) is 29.1 Å². The van der Waals surface area contributed by atoms with E-state index in [1.165, 1.54) is 18.4 Å². The molecule has 0 aromatic heterocycles. The predicted octanol–water partition coefficient (Wildman–Crippen LogP) is 2.50. The Labute approximate surface area is 90.7 Å². The lowest BCUT2D eigenvalue weighted by molar-refractivity contribution is -0.111. The lowest BCUT2D eigenvalue weighted by Gasteiger charge is -2.12. The fourth-order valence-electron chi connectivity index (χ4n) is 2.05. The molecule has 0 heterocycles. The van der Waals surface area contributed by atoms with Crippen molar-refractivity contribution in [2.45, 2.75) is 19.3 Å². The largest absolute Gasteiger partial charge is 0.388 e. The number of hydrogen-bond donors (Lipinski definition) is 1. The van der Waals surface area contributed by atoms with Crippen LogP contribution in [0.15, 0.2) is 24.3 Å². The first-order valence-electron chi connectivity index (χ1n) is 5.56. The maximum Gasteiger partial charge on any atom is 0.123 e. The Morgan fingerprint density at radius 3 is 2.80 bits per heavy atom. The van der Waals surface area contributed by atoms with Crippen LogP contribution in [0.1, 0.15) is 18.4 Å². The second kappa shape index (κ2) is 4.47. The molecule has 2 rings (SSSR count). The minimum atomic E-state index is 0.222. The van der Waals surface area contributed by atoms with Crippen LogP contribution in [0, 0.1) is 11.8 Å². The zero-order valence-electron chi connectivity index (χ0n) is 9.07. The summed E-state index contributed by atoms with van der Waals surface area (Å²) < 4.78 is 0. The maximum atomic E-state index is 11.0. The molecule has 1 fully saturated rings. The van der Waals surface area contributed by atoms with Gasteiger partial charge in [0.2, 0.25) is 0 Å². The molecule has 15 heavy (non-hydrogen) atoms. The third kappa shape index (κ3) is 2.38. The Morgan fingerprint density at radius 1 is 1.47 bits per heavy atom. The van der Waals surface area contributed by atoms with Crippen molar-refractivity contribution in [3.8, 4) is 0 Å². The zero-order valence-corrected chi connectivity index (χ0v) is 9.07. The average molecular weight is 203 g/mol. The van der Waals surface area contributed by atoms with Crippen molar-refractivity contribution in [2.24, 2.45) is 11.8 Å². The molecule has 0 spiro atoms. The van der Waals surface area contributed by atoms with E-state index in [-0.39, 0.29) is 5.92 Å². The maximum absolute atomic E-state index is 11.0. The van der Waals surface area contributed by atoms with Crippen molar-refractivity contribution in [3.05, 3.63) is 29.8 Å². The molecule has 1 aromatic rings. The minimum Gasteiger partial charge on any atom is -0.388 e. The van der Waals surface area contributed by atoms with Gasteiger partial charge in [0, 0.05) is 18.7 Å². The smallest absolute Gasteiger partial charge is 0.123 e. The van der Waals surface area contributed by atoms with E-state index in [1.807, 2.05) is 19.2 Å². The van der Waals surface area contributed by atoms with Gasteiger partial charge in [-0.2, -0.15) is 0 Å². The van der Waals surface area contributed by atoms with Gasteiger partial charge in [0.1, 0.15) is 6.29 Å². The summed E-state index contributed by atoms with van der Waals surface area (Å²) in [5.74, 6) is 0.868. The van der Waals surface area contributed by atoms with Gasteiger partial charge in [0.25, 0.3) is 0 Å². The van der Waals surface area contributed by atoms with E-state index in [2.05, 4.69) is 17.4 Å². The van der Waals surface area contributed by atoms with E-state index in [0.29, 0.717) is 5.92 Å². The number of anilines is 1. The molecule has 1 N–H and O–H groups in total. The molecule has 0 amide bonds. The fraction of sp³-hybridized carbons (Fsp3) is 0.462. The number of carbonyl (C=O) groups is 1. The molecule has 80 valence electrons. The Bertz CT molecular complexity index is 344. The molecule has 1 atom stereocenters. The Balaban J connectivity index is 2.10. The summed E-state index contributed by atoms with van der Waals surface area (Å²) in [7, 11) is 1.92. The second-order valence-electron chi connectivity index (χ2n) is 4.25. The first-order chi connectivity index (χ1) is 7.35. The molecular formula is C13H17NO. The Hall–Kier alpha value is -1.31. The molecule has 1 unspecified atom stereocenters. The molecule has 2 heteroatoms. The monoisotopic (exact) mass is 203 g/mol. The van der Waals surface area contributed by atoms with E-state index in [9.17, 15) is 4.79 Å². The molecule has 1 aromatic carbocycles. The summed E-state index contributed by atoms with van der Waals surface area (Å²) >= 11 is 0. The summed E-state index contributed by atoms with van der Waals surface area (Å²) in [5, 5.41) is 3.17. The Morgan fingerprint density at radius 2 is 2.20 bits per heavy atom. The molecule has 2 nitrogen and oxygen atoms in total. The quantitative estimate of drug-likeness (QED) is 0.745. The molecule has 0 radical (unpaired) electrons. The molecule has 1 aliphatic rings. The molecule has 0 saturated heterocycles. The number of para-hydroxylation sites is 1. The van der Waals surface area contributed by atoms with Gasteiger partial charge in [-0.3, -0.25) is 0 Å². The van der Waals surface area contributed by atoms with E-state index in [0.717, 1.165) is 18.4 Å². The van der Waals surface area contributed by atoms with Gasteiger partial charge in [-0.25, -0.2) is 0 Å². The van der Waals surface area contributed by atoms with Crippen LogP contribution in [0.2, 0.25) is 0 Å². The number of nitrogens with one attached hydrogen (secondary N) is 1. The minimum absolute atomic E-state index is 0.222. The summed E-state index contributed by atoms with van der Waals surface area (Å²) in [6.45, 7) is 0. The van der Waals surface area contributed by atoms with Crippen LogP contribution in [-0.2, 0) is 11.2 Å². The second-order valence-corrected chi connectivity index (χ2v) is 4.25. The van der Waals surface area contributed by atoms with Crippen molar-refractivity contribution >= 4 is 12.0 Å². The third-order valence-electron chi connectivity index (χ3n) is 3.14. The Kier molecular flexibility index (Phi) is 3.05. The molecule has 0 aliphatic heterocycles. The lowest BCUT2D eigenvalue weighted by atomic mass is 9.95. The van der Waals surface area contributed by atoms with Crippen LogP contribution < -0.4 is 5.32 Å². The van der Waals surface area contributed by atoms with E-state index in [1.54, 1.807) is 0 Å². The van der Waals surface area contributed by atoms with Gasteiger partial charge in [0.15, 0.2) is 0 Å². The van der Waals surface area contributed by atoms with Crippen LogP contribution in [0.25, 0.3) is 0 Å². The van der Waals surface area contributed by atoms with E-state index >= 15 is 0 Å².